The van der Waals surface area contributed by atoms with E-state index in [1.54, 1.807) is 18.6 Å². The second-order valence-corrected chi connectivity index (χ2v) is 7.24. The van der Waals surface area contributed by atoms with Crippen molar-refractivity contribution in [1.29, 1.82) is 0 Å². The van der Waals surface area contributed by atoms with Crippen LogP contribution in [0.3, 0.4) is 0 Å². The number of nitrogens with zero attached hydrogens (tertiary/aromatic N) is 4. The summed E-state index contributed by atoms with van der Waals surface area (Å²) in [7, 11) is -3.15. The van der Waals surface area contributed by atoms with Crippen LogP contribution in [0.5, 0.6) is 0 Å². The number of aromatic nitrogens is 4. The molecule has 1 atom stereocenters. The van der Waals surface area contributed by atoms with E-state index in [1.165, 1.54) is 10.6 Å². The van der Waals surface area contributed by atoms with E-state index in [4.69, 9.17) is 0 Å². The molecule has 1 N–H and O–H groups in total. The Morgan fingerprint density at radius 2 is 2.24 bits per heavy atom. The first-order chi connectivity index (χ1) is 10.0. The first kappa shape index (κ1) is 14.2. The predicted molar refractivity (Wildman–Crippen MR) is 78.0 cm³/mol. The fourth-order valence-electron chi connectivity index (χ4n) is 2.59. The van der Waals surface area contributed by atoms with Gasteiger partial charge in [-0.15, -0.1) is 0 Å². The minimum Gasteiger partial charge on any atom is -0.276 e. The summed E-state index contributed by atoms with van der Waals surface area (Å²) in [4.78, 5) is 8.82. The quantitative estimate of drug-likeness (QED) is 0.913. The maximum absolute atomic E-state index is 11.7. The number of piperidine rings is 1. The van der Waals surface area contributed by atoms with Gasteiger partial charge >= 0.3 is 0 Å². The summed E-state index contributed by atoms with van der Waals surface area (Å²) in [5, 5.41) is 6.76. The van der Waals surface area contributed by atoms with Crippen LogP contribution in [0.15, 0.2) is 24.7 Å². The van der Waals surface area contributed by atoms with Crippen molar-refractivity contribution in [3.8, 4) is 11.4 Å². The second kappa shape index (κ2) is 5.53. The molecule has 1 fully saturated rings. The summed E-state index contributed by atoms with van der Waals surface area (Å²) in [5.41, 5.74) is 2.36. The molecular formula is C13H17N5O2S. The van der Waals surface area contributed by atoms with Crippen LogP contribution in [0.25, 0.3) is 11.4 Å². The molecule has 1 aliphatic heterocycles. The van der Waals surface area contributed by atoms with E-state index in [1.807, 2.05) is 6.07 Å². The van der Waals surface area contributed by atoms with Gasteiger partial charge in [0.2, 0.25) is 10.0 Å². The van der Waals surface area contributed by atoms with Crippen molar-refractivity contribution in [1.82, 2.24) is 24.5 Å². The predicted octanol–water partition coefficient (Wildman–Crippen LogP) is 1.01. The molecule has 112 valence electrons. The lowest BCUT2D eigenvalue weighted by Gasteiger charge is -2.30. The van der Waals surface area contributed by atoms with Crippen LogP contribution in [-0.4, -0.2) is 52.2 Å². The summed E-state index contributed by atoms with van der Waals surface area (Å²) in [5.74, 6) is 0.0869. The van der Waals surface area contributed by atoms with Crippen LogP contribution in [0.1, 0.15) is 24.5 Å². The van der Waals surface area contributed by atoms with Crippen molar-refractivity contribution in [2.75, 3.05) is 19.3 Å². The van der Waals surface area contributed by atoms with E-state index in [0.29, 0.717) is 13.1 Å². The zero-order chi connectivity index (χ0) is 14.9. The van der Waals surface area contributed by atoms with E-state index >= 15 is 0 Å². The van der Waals surface area contributed by atoms with Gasteiger partial charge in [-0.1, -0.05) is 0 Å². The number of hydrogen-bond acceptors (Lipinski definition) is 5. The highest BCUT2D eigenvalue weighted by atomic mass is 32.2. The third-order valence-corrected chi connectivity index (χ3v) is 4.97. The lowest BCUT2D eigenvalue weighted by molar-refractivity contribution is 0.314. The summed E-state index contributed by atoms with van der Waals surface area (Å²) >= 11 is 0. The lowest BCUT2D eigenvalue weighted by Crippen LogP contribution is -2.38. The van der Waals surface area contributed by atoms with Gasteiger partial charge in [0.25, 0.3) is 0 Å². The largest absolute Gasteiger partial charge is 0.276 e. The smallest absolute Gasteiger partial charge is 0.211 e. The number of aromatic amines is 1. The first-order valence-corrected chi connectivity index (χ1v) is 8.65. The van der Waals surface area contributed by atoms with Crippen molar-refractivity contribution >= 4 is 10.0 Å². The molecule has 8 heteroatoms. The molecule has 7 nitrogen and oxygen atoms in total. The Kier molecular flexibility index (Phi) is 3.73. The molecular weight excluding hydrogens is 290 g/mol. The van der Waals surface area contributed by atoms with Crippen molar-refractivity contribution in [2.24, 2.45) is 0 Å². The normalized spacial score (nSPS) is 20.5. The van der Waals surface area contributed by atoms with Gasteiger partial charge in [-0.2, -0.15) is 5.10 Å². The summed E-state index contributed by atoms with van der Waals surface area (Å²) in [6, 6.07) is 1.83. The fraction of sp³-hybridized carbons (Fsp3) is 0.462. The van der Waals surface area contributed by atoms with Gasteiger partial charge in [-0.05, 0) is 18.9 Å². The zero-order valence-corrected chi connectivity index (χ0v) is 12.5. The highest BCUT2D eigenvalue weighted by molar-refractivity contribution is 7.88. The van der Waals surface area contributed by atoms with Crippen LogP contribution in [0.2, 0.25) is 0 Å². The fourth-order valence-corrected chi connectivity index (χ4v) is 3.50. The minimum atomic E-state index is -3.15. The molecule has 1 aliphatic rings. The van der Waals surface area contributed by atoms with Gasteiger partial charge in [0, 0.05) is 31.4 Å². The van der Waals surface area contributed by atoms with Crippen molar-refractivity contribution in [3.05, 3.63) is 30.4 Å². The average molecular weight is 307 g/mol. The van der Waals surface area contributed by atoms with E-state index < -0.39 is 10.0 Å². The van der Waals surface area contributed by atoms with Crippen molar-refractivity contribution in [2.45, 2.75) is 18.8 Å². The molecule has 3 rings (SSSR count). The Hall–Kier alpha value is -1.80. The number of sulfonamides is 1. The highest BCUT2D eigenvalue weighted by Gasteiger charge is 2.27. The molecule has 0 aromatic carbocycles. The summed E-state index contributed by atoms with van der Waals surface area (Å²) in [6.45, 7) is 1.06. The Morgan fingerprint density at radius 3 is 2.95 bits per heavy atom. The van der Waals surface area contributed by atoms with E-state index in [9.17, 15) is 8.42 Å². The van der Waals surface area contributed by atoms with Gasteiger partial charge in [0.05, 0.1) is 23.8 Å². The minimum absolute atomic E-state index is 0.0869. The third-order valence-electron chi connectivity index (χ3n) is 3.70. The molecule has 0 unspecified atom stereocenters. The number of H-pyrrole nitrogens is 1. The molecule has 0 aliphatic carbocycles. The summed E-state index contributed by atoms with van der Waals surface area (Å²) < 4.78 is 24.9. The molecule has 0 saturated carbocycles. The van der Waals surface area contributed by atoms with Crippen molar-refractivity contribution < 1.29 is 8.42 Å². The van der Waals surface area contributed by atoms with E-state index in [0.717, 1.165) is 29.9 Å². The van der Waals surface area contributed by atoms with E-state index in [2.05, 4.69) is 20.2 Å². The van der Waals surface area contributed by atoms with Gasteiger partial charge in [0.1, 0.15) is 5.69 Å². The van der Waals surface area contributed by atoms with Crippen LogP contribution >= 0.6 is 0 Å². The molecule has 21 heavy (non-hydrogen) atoms. The van der Waals surface area contributed by atoms with Crippen LogP contribution < -0.4 is 0 Å². The van der Waals surface area contributed by atoms with Gasteiger partial charge in [-0.3, -0.25) is 10.1 Å². The Bertz CT molecular complexity index is 714. The van der Waals surface area contributed by atoms with Gasteiger partial charge in [0.15, 0.2) is 0 Å². The zero-order valence-electron chi connectivity index (χ0n) is 11.7. The third kappa shape index (κ3) is 3.11. The highest BCUT2D eigenvalue weighted by Crippen LogP contribution is 2.27. The first-order valence-electron chi connectivity index (χ1n) is 6.81. The maximum Gasteiger partial charge on any atom is 0.211 e. The number of hydrogen-bond donors (Lipinski definition) is 1. The molecule has 0 spiro atoms. The number of nitrogens with one attached hydrogen (secondary N) is 1. The SMILES string of the molecule is CS(=O)(=O)N1CCC[C@H](c2cncc(-c3ccn[nH]3)n2)C1. The lowest BCUT2D eigenvalue weighted by atomic mass is 9.96. The maximum atomic E-state index is 11.7. The molecule has 0 bridgehead atoms. The van der Waals surface area contributed by atoms with Gasteiger partial charge < -0.3 is 0 Å². The standard InChI is InChI=1S/C13H17N5O2S/c1-21(19,20)18-6-2-3-10(9-18)12-7-14-8-13(16-12)11-4-5-15-17-11/h4-5,7-8,10H,2-3,6,9H2,1H3,(H,15,17)/t10-/m0/s1. The molecule has 2 aromatic rings. The Balaban J connectivity index is 1.85. The van der Waals surface area contributed by atoms with Gasteiger partial charge in [-0.25, -0.2) is 17.7 Å². The average Bonchev–Trinajstić information content (AvgIpc) is 3.01. The molecule has 1 saturated heterocycles. The Morgan fingerprint density at radius 1 is 1.38 bits per heavy atom. The van der Waals surface area contributed by atoms with Crippen LogP contribution in [0.4, 0.5) is 0 Å². The monoisotopic (exact) mass is 307 g/mol. The molecule has 2 aromatic heterocycles. The summed E-state index contributed by atoms with van der Waals surface area (Å²) in [6.07, 6.45) is 8.07. The Labute approximate surface area is 123 Å². The molecule has 3 heterocycles. The van der Waals surface area contributed by atoms with Crippen LogP contribution in [0, 0.1) is 0 Å². The second-order valence-electron chi connectivity index (χ2n) is 5.26. The van der Waals surface area contributed by atoms with E-state index in [-0.39, 0.29) is 5.92 Å². The van der Waals surface area contributed by atoms with Crippen molar-refractivity contribution in [3.63, 3.8) is 0 Å². The number of rotatable bonds is 3. The molecule has 0 amide bonds. The molecule has 0 radical (unpaired) electrons. The van der Waals surface area contributed by atoms with Crippen LogP contribution in [-0.2, 0) is 10.0 Å². The topological polar surface area (TPSA) is 91.8 Å².